The summed E-state index contributed by atoms with van der Waals surface area (Å²) in [5.74, 6) is -0.0355. The number of rotatable bonds is 8. The largest absolute Gasteiger partial charge is 0.353 e. The Balaban J connectivity index is 1.61. The Bertz CT molecular complexity index is 848. The summed E-state index contributed by atoms with van der Waals surface area (Å²) in [6.07, 6.45) is 4.04. The first-order valence-corrected chi connectivity index (χ1v) is 10.4. The summed E-state index contributed by atoms with van der Waals surface area (Å²) in [6, 6.07) is 1.97. The zero-order valence-electron chi connectivity index (χ0n) is 16.3. The Morgan fingerprint density at radius 1 is 1.44 bits per heavy atom. The fourth-order valence-corrected chi connectivity index (χ4v) is 4.38. The number of aromatic nitrogens is 3. The van der Waals surface area contributed by atoms with E-state index in [1.165, 1.54) is 28.3 Å². The summed E-state index contributed by atoms with van der Waals surface area (Å²) in [5.41, 5.74) is 0.611. The minimum Gasteiger partial charge on any atom is -0.353 e. The maximum atomic E-state index is 12.3. The number of amides is 1. The first-order valence-electron chi connectivity index (χ1n) is 9.63. The lowest BCUT2D eigenvalue weighted by Gasteiger charge is -2.23. The van der Waals surface area contributed by atoms with Gasteiger partial charge in [-0.05, 0) is 32.4 Å². The van der Waals surface area contributed by atoms with Gasteiger partial charge in [0.05, 0.1) is 6.54 Å². The van der Waals surface area contributed by atoms with Crippen molar-refractivity contribution in [2.75, 3.05) is 38.1 Å². The van der Waals surface area contributed by atoms with Crippen LogP contribution >= 0.6 is 11.3 Å². The summed E-state index contributed by atoms with van der Waals surface area (Å²) in [7, 11) is 1.81. The van der Waals surface area contributed by atoms with Crippen molar-refractivity contribution in [2.45, 2.75) is 45.6 Å². The molecule has 0 bridgehead atoms. The van der Waals surface area contributed by atoms with Gasteiger partial charge < -0.3 is 10.2 Å². The van der Waals surface area contributed by atoms with E-state index in [1.807, 2.05) is 7.05 Å². The molecule has 2 aromatic heterocycles. The number of carbonyl (C=O) groups is 1. The normalized spacial score (nSPS) is 17.5. The molecule has 1 fully saturated rings. The van der Waals surface area contributed by atoms with Crippen molar-refractivity contribution >= 4 is 27.3 Å². The van der Waals surface area contributed by atoms with E-state index in [9.17, 15) is 9.59 Å². The van der Waals surface area contributed by atoms with Crippen molar-refractivity contribution in [1.82, 2.24) is 24.8 Å². The lowest BCUT2D eigenvalue weighted by Crippen LogP contribution is -2.43. The van der Waals surface area contributed by atoms with Crippen LogP contribution in [0, 0.1) is 0 Å². The van der Waals surface area contributed by atoms with Gasteiger partial charge in [-0.2, -0.15) is 4.52 Å². The molecule has 0 aliphatic carbocycles. The molecule has 148 valence electrons. The maximum Gasteiger partial charge on any atom is 0.275 e. The number of fused-ring (bicyclic) bond motifs is 1. The highest BCUT2D eigenvalue weighted by Gasteiger charge is 2.23. The van der Waals surface area contributed by atoms with Crippen LogP contribution in [0.1, 0.15) is 38.8 Å². The number of likely N-dealkylation sites (tertiary alicyclic amines) is 1. The summed E-state index contributed by atoms with van der Waals surface area (Å²) < 4.78 is 1.31. The van der Waals surface area contributed by atoms with E-state index in [2.05, 4.69) is 34.1 Å². The number of nitrogens with one attached hydrogen (secondary N) is 1. The van der Waals surface area contributed by atoms with E-state index in [4.69, 9.17) is 0 Å². The molecule has 2 aromatic rings. The average molecular weight is 393 g/mol. The smallest absolute Gasteiger partial charge is 0.275 e. The van der Waals surface area contributed by atoms with Gasteiger partial charge in [-0.25, -0.2) is 4.98 Å². The minimum absolute atomic E-state index is 0.0355. The molecule has 1 aliphatic heterocycles. The second-order valence-corrected chi connectivity index (χ2v) is 7.93. The van der Waals surface area contributed by atoms with Gasteiger partial charge >= 0.3 is 0 Å². The van der Waals surface area contributed by atoms with Gasteiger partial charge in [-0.3, -0.25) is 14.5 Å². The predicted octanol–water partition coefficient (Wildman–Crippen LogP) is 1.14. The molecule has 3 heterocycles. The molecular weight excluding hydrogens is 364 g/mol. The van der Waals surface area contributed by atoms with Crippen molar-refractivity contribution in [2.24, 2.45) is 0 Å². The molecule has 8 nitrogen and oxygen atoms in total. The van der Waals surface area contributed by atoms with Crippen molar-refractivity contribution in [3.05, 3.63) is 22.1 Å². The van der Waals surface area contributed by atoms with Crippen molar-refractivity contribution < 1.29 is 4.79 Å². The van der Waals surface area contributed by atoms with Gasteiger partial charge in [0.2, 0.25) is 16.0 Å². The topological polar surface area (TPSA) is 82.8 Å². The molecule has 3 rings (SSSR count). The molecule has 1 amide bonds. The highest BCUT2D eigenvalue weighted by Crippen LogP contribution is 2.20. The number of hydrogen-bond acceptors (Lipinski definition) is 7. The second-order valence-electron chi connectivity index (χ2n) is 7.00. The van der Waals surface area contributed by atoms with Crippen molar-refractivity contribution in [3.63, 3.8) is 0 Å². The summed E-state index contributed by atoms with van der Waals surface area (Å²) in [4.78, 5) is 33.8. The summed E-state index contributed by atoms with van der Waals surface area (Å²) in [5, 5.41) is 7.97. The molecule has 27 heavy (non-hydrogen) atoms. The first kappa shape index (κ1) is 19.8. The average Bonchev–Trinajstić information content (AvgIpc) is 3.26. The number of carbonyl (C=O) groups excluding carboxylic acids is 1. The molecule has 9 heteroatoms. The Labute approximate surface area is 163 Å². The van der Waals surface area contributed by atoms with Crippen LogP contribution in [0.5, 0.6) is 0 Å². The molecule has 1 aliphatic rings. The minimum atomic E-state index is -0.176. The van der Waals surface area contributed by atoms with Crippen LogP contribution in [0.3, 0.4) is 0 Å². The lowest BCUT2D eigenvalue weighted by atomic mass is 10.2. The van der Waals surface area contributed by atoms with E-state index in [0.29, 0.717) is 22.7 Å². The van der Waals surface area contributed by atoms with Crippen LogP contribution in [0.2, 0.25) is 0 Å². The van der Waals surface area contributed by atoms with Gasteiger partial charge in [0.25, 0.3) is 5.56 Å². The predicted molar refractivity (Wildman–Crippen MR) is 108 cm³/mol. The van der Waals surface area contributed by atoms with Gasteiger partial charge in [-0.15, -0.1) is 5.10 Å². The fraction of sp³-hybridized carbons (Fsp3) is 0.667. The van der Waals surface area contributed by atoms with E-state index < -0.39 is 0 Å². The molecular formula is C18H28N6O2S. The molecule has 1 saturated heterocycles. The molecule has 1 atom stereocenters. The van der Waals surface area contributed by atoms with Crippen LogP contribution in [0.25, 0.3) is 4.96 Å². The number of aryl methyl sites for hydroxylation is 1. The molecule has 0 spiro atoms. The lowest BCUT2D eigenvalue weighted by molar-refractivity contribution is -0.119. The van der Waals surface area contributed by atoms with Crippen LogP contribution in [0.15, 0.2) is 10.9 Å². The standard InChI is InChI=1S/C18H28N6O2S/c1-4-7-13-10-16(26)24-17(20-13)27-18(21-24)22(3)12-15(25)19-11-14-8-6-9-23(14)5-2/h10,14H,4-9,11-12H2,1-3H3,(H,19,25). The number of anilines is 1. The van der Waals surface area contributed by atoms with E-state index >= 15 is 0 Å². The third-order valence-corrected chi connectivity index (χ3v) is 5.96. The van der Waals surface area contributed by atoms with Crippen molar-refractivity contribution in [1.29, 1.82) is 0 Å². The van der Waals surface area contributed by atoms with E-state index in [-0.39, 0.29) is 18.0 Å². The van der Waals surface area contributed by atoms with Crippen LogP contribution < -0.4 is 15.8 Å². The second kappa shape index (κ2) is 8.79. The monoisotopic (exact) mass is 392 g/mol. The Morgan fingerprint density at radius 2 is 2.26 bits per heavy atom. The van der Waals surface area contributed by atoms with Gasteiger partial charge in [0.15, 0.2) is 0 Å². The third kappa shape index (κ3) is 4.65. The zero-order valence-corrected chi connectivity index (χ0v) is 17.1. The maximum absolute atomic E-state index is 12.3. The molecule has 1 unspecified atom stereocenters. The van der Waals surface area contributed by atoms with Gasteiger partial charge in [0, 0.05) is 31.4 Å². The van der Waals surface area contributed by atoms with Gasteiger partial charge in [0.1, 0.15) is 0 Å². The quantitative estimate of drug-likeness (QED) is 0.725. The Kier molecular flexibility index (Phi) is 6.43. The van der Waals surface area contributed by atoms with Crippen LogP contribution in [-0.2, 0) is 11.2 Å². The SMILES string of the molecule is CCCc1cc(=O)n2nc(N(C)CC(=O)NCC3CCCN3CC)sc2n1. The third-order valence-electron chi connectivity index (χ3n) is 4.94. The fourth-order valence-electron chi connectivity index (χ4n) is 3.50. The van der Waals surface area contributed by atoms with E-state index in [1.54, 1.807) is 4.90 Å². The zero-order chi connectivity index (χ0) is 19.4. The molecule has 0 radical (unpaired) electrons. The summed E-state index contributed by atoms with van der Waals surface area (Å²) >= 11 is 1.33. The number of likely N-dealkylation sites (N-methyl/N-ethyl adjacent to an activating group) is 2. The van der Waals surface area contributed by atoms with Crippen LogP contribution in [0.4, 0.5) is 5.13 Å². The molecule has 1 N–H and O–H groups in total. The number of hydrogen-bond donors (Lipinski definition) is 1. The Hall–Kier alpha value is -2.00. The highest BCUT2D eigenvalue weighted by atomic mass is 32.1. The Morgan fingerprint density at radius 3 is 3.00 bits per heavy atom. The van der Waals surface area contributed by atoms with Gasteiger partial charge in [-0.1, -0.05) is 31.6 Å². The van der Waals surface area contributed by atoms with E-state index in [0.717, 1.165) is 38.0 Å². The van der Waals surface area contributed by atoms with Crippen molar-refractivity contribution in [3.8, 4) is 0 Å². The van der Waals surface area contributed by atoms with Crippen LogP contribution in [-0.4, -0.2) is 64.7 Å². The molecule has 0 saturated carbocycles. The summed E-state index contributed by atoms with van der Waals surface area (Å²) in [6.45, 7) is 7.23. The number of nitrogens with zero attached hydrogens (tertiary/aromatic N) is 5. The highest BCUT2D eigenvalue weighted by molar-refractivity contribution is 7.20. The first-order chi connectivity index (χ1) is 13.0. The molecule has 0 aromatic carbocycles.